The molecule has 1 saturated heterocycles. The molecule has 2 aromatic rings. The highest BCUT2D eigenvalue weighted by Gasteiger charge is 2.62. The zero-order valence-corrected chi connectivity index (χ0v) is 30.1. The molecule has 5 unspecified atom stereocenters. The van der Waals surface area contributed by atoms with E-state index in [1.807, 2.05) is 51.1 Å². The lowest BCUT2D eigenvalue weighted by Gasteiger charge is -2.35. The largest absolute Gasteiger partial charge is 0.488 e. The Morgan fingerprint density at radius 3 is 2.37 bits per heavy atom. The fourth-order valence-electron chi connectivity index (χ4n) is 6.96. The molecule has 1 aromatic heterocycles. The van der Waals surface area contributed by atoms with E-state index >= 15 is 0 Å². The van der Waals surface area contributed by atoms with Crippen molar-refractivity contribution in [3.8, 4) is 17.0 Å². The molecule has 0 bridgehead atoms. The van der Waals surface area contributed by atoms with E-state index in [9.17, 15) is 27.6 Å². The first kappa shape index (κ1) is 36.3. The molecule has 3 aliphatic carbocycles. The number of nitrogens with one attached hydrogen (secondary N) is 3. The maximum absolute atomic E-state index is 14.5. The second kappa shape index (κ2) is 14.3. The Bertz CT molecular complexity index is 1770. The molecule has 4 fully saturated rings. The zero-order valence-electron chi connectivity index (χ0n) is 29.3. The SMILES string of the molecule is C=CC1CC1(NC(=O)C1CC(Oc2ccnc(-c3ccccc3)c2)CN1C(=O)C(NC(=O)OC1CCCC1)C(C)(C)C)C(=O)NS(=O)(=O)C1CC1. The van der Waals surface area contributed by atoms with Crippen molar-refractivity contribution in [3.63, 3.8) is 0 Å². The Kier molecular flexibility index (Phi) is 10.2. The van der Waals surface area contributed by atoms with Gasteiger partial charge in [-0.05, 0) is 56.4 Å². The highest BCUT2D eigenvalue weighted by molar-refractivity contribution is 7.91. The summed E-state index contributed by atoms with van der Waals surface area (Å²) in [5.41, 5.74) is -0.731. The number of nitrogens with zero attached hydrogens (tertiary/aromatic N) is 2. The molecule has 6 rings (SSSR count). The van der Waals surface area contributed by atoms with Crippen LogP contribution >= 0.6 is 0 Å². The van der Waals surface area contributed by atoms with Gasteiger partial charge in [0.05, 0.1) is 17.5 Å². The van der Waals surface area contributed by atoms with Crippen molar-refractivity contribution in [1.82, 2.24) is 25.2 Å². The molecule has 1 aliphatic heterocycles. The first-order valence-electron chi connectivity index (χ1n) is 17.7. The monoisotopic (exact) mass is 721 g/mol. The molecule has 13 nitrogen and oxygen atoms in total. The molecule has 274 valence electrons. The van der Waals surface area contributed by atoms with Crippen LogP contribution in [0.15, 0.2) is 61.3 Å². The van der Waals surface area contributed by atoms with E-state index in [1.54, 1.807) is 18.3 Å². The number of pyridine rings is 1. The molecule has 5 atom stereocenters. The standard InChI is InChI=1S/C37H47N5O8S/c1-5-24-21-37(24,34(45)41-51(47,48)28-15-16-28)40-32(43)30-20-27(49-26-17-18-38-29(19-26)23-11-7-6-8-12-23)22-42(30)33(44)31(36(2,3)4)39-35(46)50-25-13-9-10-14-25/h5-8,11-12,17-19,24-25,27-28,30-31H,1,9-10,13-16,20-22H2,2-4H3,(H,39,46)(H,40,43)(H,41,45). The first-order chi connectivity index (χ1) is 24.2. The lowest BCUT2D eigenvalue weighted by Crippen LogP contribution is -2.60. The molecule has 3 N–H and O–H groups in total. The van der Waals surface area contributed by atoms with E-state index in [0.717, 1.165) is 31.2 Å². The molecule has 1 aromatic carbocycles. The molecule has 3 saturated carbocycles. The van der Waals surface area contributed by atoms with Gasteiger partial charge >= 0.3 is 6.09 Å². The van der Waals surface area contributed by atoms with Gasteiger partial charge in [0.25, 0.3) is 5.91 Å². The maximum Gasteiger partial charge on any atom is 0.408 e. The maximum atomic E-state index is 14.5. The number of alkyl carbamates (subject to hydrolysis) is 1. The van der Waals surface area contributed by atoms with E-state index in [0.29, 0.717) is 24.3 Å². The van der Waals surface area contributed by atoms with Crippen LogP contribution in [0.25, 0.3) is 11.3 Å². The summed E-state index contributed by atoms with van der Waals surface area (Å²) in [6, 6.07) is 10.9. The summed E-state index contributed by atoms with van der Waals surface area (Å²) in [4.78, 5) is 61.0. The van der Waals surface area contributed by atoms with Crippen molar-refractivity contribution in [1.29, 1.82) is 0 Å². The van der Waals surface area contributed by atoms with E-state index in [1.165, 1.54) is 11.0 Å². The Labute approximate surface area is 299 Å². The average Bonchev–Trinajstić information content (AvgIpc) is 3.97. The molecule has 0 radical (unpaired) electrons. The van der Waals surface area contributed by atoms with E-state index in [-0.39, 0.29) is 25.5 Å². The first-order valence-corrected chi connectivity index (χ1v) is 19.2. The van der Waals surface area contributed by atoms with Crippen molar-refractivity contribution >= 4 is 33.8 Å². The second-order valence-corrected chi connectivity index (χ2v) is 17.1. The summed E-state index contributed by atoms with van der Waals surface area (Å²) in [6.07, 6.45) is 6.20. The molecule has 0 spiro atoms. The average molecular weight is 722 g/mol. The summed E-state index contributed by atoms with van der Waals surface area (Å²) >= 11 is 0. The van der Waals surface area contributed by atoms with Crippen molar-refractivity contribution in [2.45, 2.75) is 107 Å². The van der Waals surface area contributed by atoms with Crippen LogP contribution in [0.4, 0.5) is 4.79 Å². The van der Waals surface area contributed by atoms with Crippen LogP contribution in [0.3, 0.4) is 0 Å². The third kappa shape index (κ3) is 8.21. The number of sulfonamides is 1. The Hall–Kier alpha value is -4.46. The van der Waals surface area contributed by atoms with Crippen molar-refractivity contribution in [2.75, 3.05) is 6.54 Å². The smallest absolute Gasteiger partial charge is 0.408 e. The highest BCUT2D eigenvalue weighted by atomic mass is 32.2. The number of amides is 4. The summed E-state index contributed by atoms with van der Waals surface area (Å²) in [5, 5.41) is 4.94. The van der Waals surface area contributed by atoms with E-state index < -0.39 is 74.1 Å². The van der Waals surface area contributed by atoms with Crippen LogP contribution < -0.4 is 20.1 Å². The van der Waals surface area contributed by atoms with Gasteiger partial charge in [-0.3, -0.25) is 24.1 Å². The Morgan fingerprint density at radius 2 is 1.75 bits per heavy atom. The lowest BCUT2D eigenvalue weighted by molar-refractivity contribution is -0.143. The summed E-state index contributed by atoms with van der Waals surface area (Å²) in [6.45, 7) is 9.21. The number of ether oxygens (including phenoxy) is 2. The van der Waals surface area contributed by atoms with Gasteiger partial charge in [-0.1, -0.05) is 57.2 Å². The fraction of sp³-hybridized carbons (Fsp3) is 0.541. The second-order valence-electron chi connectivity index (χ2n) is 15.2. The summed E-state index contributed by atoms with van der Waals surface area (Å²) < 4.78 is 39.5. The van der Waals surface area contributed by atoms with Gasteiger partial charge in [-0.2, -0.15) is 0 Å². The predicted molar refractivity (Wildman–Crippen MR) is 189 cm³/mol. The number of aromatic nitrogens is 1. The number of rotatable bonds is 12. The number of likely N-dealkylation sites (tertiary alicyclic amines) is 1. The van der Waals surface area contributed by atoms with Crippen molar-refractivity contribution in [3.05, 3.63) is 61.3 Å². The van der Waals surface area contributed by atoms with Gasteiger partial charge in [0.2, 0.25) is 21.8 Å². The van der Waals surface area contributed by atoms with Crippen LogP contribution in [0.5, 0.6) is 5.75 Å². The quantitative estimate of drug-likeness (QED) is 0.275. The van der Waals surface area contributed by atoms with Gasteiger partial charge < -0.3 is 25.0 Å². The number of hydrogen-bond donors (Lipinski definition) is 3. The number of carbonyl (C=O) groups excluding carboxylic acids is 4. The third-order valence-corrected chi connectivity index (χ3v) is 12.0. The van der Waals surface area contributed by atoms with Crippen LogP contribution in [-0.2, 0) is 29.1 Å². The van der Waals surface area contributed by atoms with Gasteiger partial charge in [0.15, 0.2) is 0 Å². The van der Waals surface area contributed by atoms with Crippen LogP contribution in [0, 0.1) is 11.3 Å². The molecular weight excluding hydrogens is 675 g/mol. The molecule has 14 heteroatoms. The summed E-state index contributed by atoms with van der Waals surface area (Å²) in [7, 11) is -3.88. The molecule has 4 amide bonds. The van der Waals surface area contributed by atoms with Gasteiger partial charge in [-0.25, -0.2) is 13.2 Å². The van der Waals surface area contributed by atoms with Crippen molar-refractivity contribution < 1.29 is 37.1 Å². The van der Waals surface area contributed by atoms with Crippen molar-refractivity contribution in [2.24, 2.45) is 11.3 Å². The van der Waals surface area contributed by atoms with Gasteiger partial charge in [-0.15, -0.1) is 6.58 Å². The fourth-order valence-corrected chi connectivity index (χ4v) is 8.33. The number of carbonyl (C=O) groups is 4. The highest BCUT2D eigenvalue weighted by Crippen LogP contribution is 2.45. The Morgan fingerprint density at radius 1 is 1.04 bits per heavy atom. The molecule has 4 aliphatic rings. The lowest BCUT2D eigenvalue weighted by atomic mass is 9.85. The minimum absolute atomic E-state index is 0.00594. The number of benzene rings is 1. The number of hydrogen-bond acceptors (Lipinski definition) is 9. The minimum Gasteiger partial charge on any atom is -0.488 e. The van der Waals surface area contributed by atoms with E-state index in [2.05, 4.69) is 26.9 Å². The van der Waals surface area contributed by atoms with Gasteiger partial charge in [0, 0.05) is 30.2 Å². The predicted octanol–water partition coefficient (Wildman–Crippen LogP) is 3.85. The van der Waals surface area contributed by atoms with Crippen LogP contribution in [0.1, 0.15) is 72.1 Å². The zero-order chi connectivity index (χ0) is 36.6. The minimum atomic E-state index is -3.88. The summed E-state index contributed by atoms with van der Waals surface area (Å²) in [5.74, 6) is -1.99. The van der Waals surface area contributed by atoms with Gasteiger partial charge in [0.1, 0.15) is 35.6 Å². The topological polar surface area (TPSA) is 173 Å². The van der Waals surface area contributed by atoms with E-state index in [4.69, 9.17) is 9.47 Å². The third-order valence-electron chi connectivity index (χ3n) is 10.2. The Balaban J connectivity index is 1.25. The molecular formula is C37H47N5O8S. The van der Waals surface area contributed by atoms with Crippen LogP contribution in [0.2, 0.25) is 0 Å². The molecule has 51 heavy (non-hydrogen) atoms. The normalized spacial score (nSPS) is 25.4. The molecule has 2 heterocycles. The van der Waals surface area contributed by atoms with Crippen LogP contribution in [-0.4, -0.2) is 83.7 Å².